The second-order valence-electron chi connectivity index (χ2n) is 22.2. The monoisotopic (exact) mass is 946 g/mol. The number of amides is 1. The van der Waals surface area contributed by atoms with Gasteiger partial charge in [0.15, 0.2) is 0 Å². The Hall–Kier alpha value is -0.610. The molecule has 0 aliphatic rings. The van der Waals surface area contributed by atoms with E-state index in [2.05, 4.69) is 19.2 Å². The first-order chi connectivity index (χ1) is 33.2. The molecule has 0 aliphatic heterocycles. The van der Waals surface area contributed by atoms with Crippen LogP contribution in [0.5, 0.6) is 0 Å². The highest BCUT2D eigenvalue weighted by molar-refractivity contribution is 5.76. The molecule has 0 saturated carbocycles. The SMILES string of the molecule is CCCCCCCCCCCCCCCCCCCCCCCCCCCCCCCCCCCCCCCCC(=O)NC(CO)C(O)CCCCCCCCCCCCCCCCCCC. The Labute approximate surface area is 423 Å². The Kier molecular flexibility index (Phi) is 59.2. The van der Waals surface area contributed by atoms with Gasteiger partial charge >= 0.3 is 0 Å². The fourth-order valence-electron chi connectivity index (χ4n) is 10.5. The molecule has 2 unspecified atom stereocenters. The lowest BCUT2D eigenvalue weighted by Crippen LogP contribution is -2.45. The summed E-state index contributed by atoms with van der Waals surface area (Å²) in [6.45, 7) is 4.41. The zero-order valence-electron chi connectivity index (χ0n) is 46.5. The smallest absolute Gasteiger partial charge is 0.220 e. The summed E-state index contributed by atoms with van der Waals surface area (Å²) in [5, 5.41) is 23.3. The second kappa shape index (κ2) is 59.7. The zero-order valence-corrected chi connectivity index (χ0v) is 46.5. The van der Waals surface area contributed by atoms with Crippen molar-refractivity contribution in [2.24, 2.45) is 0 Å². The van der Waals surface area contributed by atoms with Crippen LogP contribution in [0.15, 0.2) is 0 Å². The Balaban J connectivity index is 3.32. The average molecular weight is 947 g/mol. The molecule has 3 N–H and O–H groups in total. The van der Waals surface area contributed by atoms with E-state index in [1.807, 2.05) is 0 Å². The standard InChI is InChI=1S/C63H127NO3/c1-3-5-7-9-11-13-15-17-19-21-22-23-24-25-26-27-28-29-30-31-32-33-34-35-36-37-38-39-40-41-43-45-47-49-51-53-55-57-59-63(67)64-61(60-65)62(66)58-56-54-52-50-48-46-44-42-20-18-16-14-12-10-8-6-4-2/h61-62,65-66H,3-60H2,1-2H3,(H,64,67). The van der Waals surface area contributed by atoms with Gasteiger partial charge in [0.05, 0.1) is 18.8 Å². The summed E-state index contributed by atoms with van der Waals surface area (Å²) in [5.41, 5.74) is 0. The van der Waals surface area contributed by atoms with E-state index in [0.717, 1.165) is 25.7 Å². The molecule has 4 heteroatoms. The van der Waals surface area contributed by atoms with Gasteiger partial charge in [-0.2, -0.15) is 0 Å². The Morgan fingerprint density at radius 3 is 0.672 bits per heavy atom. The fourth-order valence-corrected chi connectivity index (χ4v) is 10.5. The third-order valence-electron chi connectivity index (χ3n) is 15.4. The van der Waals surface area contributed by atoms with Crippen molar-refractivity contribution >= 4 is 5.91 Å². The lowest BCUT2D eigenvalue weighted by Gasteiger charge is -2.22. The third-order valence-corrected chi connectivity index (χ3v) is 15.4. The summed E-state index contributed by atoms with van der Waals surface area (Å²) < 4.78 is 0. The lowest BCUT2D eigenvalue weighted by molar-refractivity contribution is -0.123. The predicted octanol–water partition coefficient (Wildman–Crippen LogP) is 21.1. The van der Waals surface area contributed by atoms with Gasteiger partial charge in [0.1, 0.15) is 0 Å². The molecule has 0 radical (unpaired) electrons. The lowest BCUT2D eigenvalue weighted by atomic mass is 10.0. The summed E-state index contributed by atoms with van der Waals surface area (Å²) in [7, 11) is 0. The zero-order chi connectivity index (χ0) is 48.5. The summed E-state index contributed by atoms with van der Waals surface area (Å²) in [6, 6.07) is -0.531. The van der Waals surface area contributed by atoms with Crippen molar-refractivity contribution in [1.82, 2.24) is 5.32 Å². The molecule has 2 atom stereocenters. The minimum absolute atomic E-state index is 0.0214. The highest BCUT2D eigenvalue weighted by Gasteiger charge is 2.20. The summed E-state index contributed by atoms with van der Waals surface area (Å²) >= 11 is 0. The van der Waals surface area contributed by atoms with Gasteiger partial charge in [0.25, 0.3) is 0 Å². The first-order valence-electron chi connectivity index (χ1n) is 31.7. The van der Waals surface area contributed by atoms with Crippen LogP contribution >= 0.6 is 0 Å². The minimum atomic E-state index is -0.655. The van der Waals surface area contributed by atoms with Crippen LogP contribution in [-0.4, -0.2) is 34.9 Å². The van der Waals surface area contributed by atoms with Crippen LogP contribution in [-0.2, 0) is 4.79 Å². The topological polar surface area (TPSA) is 69.6 Å². The molecule has 0 aliphatic carbocycles. The van der Waals surface area contributed by atoms with E-state index >= 15 is 0 Å². The molecule has 67 heavy (non-hydrogen) atoms. The normalized spacial score (nSPS) is 12.6. The van der Waals surface area contributed by atoms with Crippen LogP contribution in [0.2, 0.25) is 0 Å². The largest absolute Gasteiger partial charge is 0.394 e. The van der Waals surface area contributed by atoms with Crippen LogP contribution in [0.4, 0.5) is 0 Å². The van der Waals surface area contributed by atoms with Gasteiger partial charge in [-0.05, 0) is 12.8 Å². The first kappa shape index (κ1) is 66.4. The molecule has 0 spiro atoms. The van der Waals surface area contributed by atoms with Gasteiger partial charge < -0.3 is 15.5 Å². The molecular formula is C63H127NO3. The summed E-state index contributed by atoms with van der Waals surface area (Å²) in [4.78, 5) is 12.5. The van der Waals surface area contributed by atoms with E-state index in [1.54, 1.807) is 0 Å². The van der Waals surface area contributed by atoms with Crippen molar-refractivity contribution in [2.75, 3.05) is 6.61 Å². The van der Waals surface area contributed by atoms with Crippen molar-refractivity contribution in [3.8, 4) is 0 Å². The number of carbonyl (C=O) groups excluding carboxylic acids is 1. The first-order valence-corrected chi connectivity index (χ1v) is 31.7. The molecule has 0 bridgehead atoms. The van der Waals surface area contributed by atoms with Gasteiger partial charge in [0, 0.05) is 6.42 Å². The van der Waals surface area contributed by atoms with Gasteiger partial charge in [-0.1, -0.05) is 361 Å². The average Bonchev–Trinajstić information content (AvgIpc) is 3.33. The molecule has 1 amide bonds. The van der Waals surface area contributed by atoms with Crippen LogP contribution in [0.1, 0.15) is 380 Å². The summed E-state index contributed by atoms with van der Waals surface area (Å²) in [5.74, 6) is -0.0214. The van der Waals surface area contributed by atoms with Gasteiger partial charge in [0.2, 0.25) is 5.91 Å². The van der Waals surface area contributed by atoms with E-state index in [4.69, 9.17) is 0 Å². The number of aliphatic hydroxyl groups excluding tert-OH is 2. The Bertz CT molecular complexity index is 894. The van der Waals surface area contributed by atoms with E-state index in [1.165, 1.54) is 327 Å². The van der Waals surface area contributed by atoms with E-state index in [9.17, 15) is 15.0 Å². The minimum Gasteiger partial charge on any atom is -0.394 e. The molecule has 0 aromatic rings. The molecule has 402 valence electrons. The van der Waals surface area contributed by atoms with Crippen LogP contribution in [0.25, 0.3) is 0 Å². The number of rotatable bonds is 60. The molecule has 4 nitrogen and oxygen atoms in total. The molecule has 0 fully saturated rings. The fraction of sp³-hybridized carbons (Fsp3) is 0.984. The molecule has 0 heterocycles. The van der Waals surface area contributed by atoms with Crippen LogP contribution in [0, 0.1) is 0 Å². The number of unbranched alkanes of at least 4 members (excludes halogenated alkanes) is 53. The van der Waals surface area contributed by atoms with Crippen molar-refractivity contribution in [3.05, 3.63) is 0 Å². The molecular weight excluding hydrogens is 819 g/mol. The highest BCUT2D eigenvalue weighted by Crippen LogP contribution is 2.19. The number of carbonyl (C=O) groups is 1. The number of nitrogens with one attached hydrogen (secondary N) is 1. The second-order valence-corrected chi connectivity index (χ2v) is 22.2. The Morgan fingerprint density at radius 1 is 0.299 bits per heavy atom. The maximum absolute atomic E-state index is 12.5. The van der Waals surface area contributed by atoms with Gasteiger partial charge in [-0.3, -0.25) is 4.79 Å². The van der Waals surface area contributed by atoms with E-state index in [0.29, 0.717) is 12.8 Å². The van der Waals surface area contributed by atoms with Crippen molar-refractivity contribution in [1.29, 1.82) is 0 Å². The number of hydrogen-bond donors (Lipinski definition) is 3. The van der Waals surface area contributed by atoms with Gasteiger partial charge in [-0.15, -0.1) is 0 Å². The predicted molar refractivity (Wildman–Crippen MR) is 300 cm³/mol. The molecule has 0 aromatic heterocycles. The Morgan fingerprint density at radius 2 is 0.478 bits per heavy atom. The third kappa shape index (κ3) is 56.2. The van der Waals surface area contributed by atoms with Crippen LogP contribution < -0.4 is 5.32 Å². The highest BCUT2D eigenvalue weighted by atomic mass is 16.3. The van der Waals surface area contributed by atoms with Crippen molar-refractivity contribution in [2.45, 2.75) is 392 Å². The quantitative estimate of drug-likeness (QED) is 0.0532. The van der Waals surface area contributed by atoms with Crippen LogP contribution in [0.3, 0.4) is 0 Å². The van der Waals surface area contributed by atoms with Crippen molar-refractivity contribution < 1.29 is 15.0 Å². The van der Waals surface area contributed by atoms with Gasteiger partial charge in [-0.25, -0.2) is 0 Å². The maximum atomic E-state index is 12.5. The number of hydrogen-bond acceptors (Lipinski definition) is 3. The van der Waals surface area contributed by atoms with Crippen molar-refractivity contribution in [3.63, 3.8) is 0 Å². The summed E-state index contributed by atoms with van der Waals surface area (Å²) in [6.07, 6.45) is 77.1. The van der Waals surface area contributed by atoms with E-state index < -0.39 is 12.1 Å². The number of aliphatic hydroxyl groups is 2. The molecule has 0 aromatic carbocycles. The van der Waals surface area contributed by atoms with E-state index in [-0.39, 0.29) is 12.5 Å². The molecule has 0 rings (SSSR count). The maximum Gasteiger partial charge on any atom is 0.220 e. The molecule has 0 saturated heterocycles.